The van der Waals surface area contributed by atoms with E-state index in [-0.39, 0.29) is 10.8 Å². The van der Waals surface area contributed by atoms with Gasteiger partial charge in [0.05, 0.1) is 4.90 Å². The first kappa shape index (κ1) is 17.2. The van der Waals surface area contributed by atoms with E-state index in [1.165, 1.54) is 6.26 Å². The van der Waals surface area contributed by atoms with Crippen LogP contribution in [0.3, 0.4) is 0 Å². The van der Waals surface area contributed by atoms with Crippen LogP contribution in [0.4, 0.5) is 0 Å². The SMILES string of the molecule is CN1C[C@@H]2CNC(=O)c3cc(-c4cccc(S(C)(=O)=O)c4)ccc3[C@H]2C1. The molecular weight excluding hydrogens is 348 g/mol. The molecular formula is C20H22N2O3S. The van der Waals surface area contributed by atoms with Gasteiger partial charge in [-0.3, -0.25) is 4.79 Å². The van der Waals surface area contributed by atoms with E-state index in [0.29, 0.717) is 23.9 Å². The van der Waals surface area contributed by atoms with Gasteiger partial charge in [-0.25, -0.2) is 8.42 Å². The zero-order chi connectivity index (χ0) is 18.5. The topological polar surface area (TPSA) is 66.5 Å². The summed E-state index contributed by atoms with van der Waals surface area (Å²) in [7, 11) is -1.16. The van der Waals surface area contributed by atoms with E-state index in [1.54, 1.807) is 18.2 Å². The Labute approximate surface area is 153 Å². The van der Waals surface area contributed by atoms with Crippen molar-refractivity contribution < 1.29 is 13.2 Å². The van der Waals surface area contributed by atoms with E-state index in [0.717, 1.165) is 29.8 Å². The third-order valence-corrected chi connectivity index (χ3v) is 6.55. The van der Waals surface area contributed by atoms with Gasteiger partial charge in [-0.1, -0.05) is 24.3 Å². The van der Waals surface area contributed by atoms with Crippen LogP contribution in [0.25, 0.3) is 11.1 Å². The molecule has 0 aromatic heterocycles. The van der Waals surface area contributed by atoms with Crippen molar-refractivity contribution in [3.05, 3.63) is 53.6 Å². The minimum Gasteiger partial charge on any atom is -0.352 e. The Morgan fingerprint density at radius 3 is 2.62 bits per heavy atom. The van der Waals surface area contributed by atoms with Crippen molar-refractivity contribution in [3.63, 3.8) is 0 Å². The summed E-state index contributed by atoms with van der Waals surface area (Å²) in [4.78, 5) is 15.2. The third kappa shape index (κ3) is 3.04. The second-order valence-corrected chi connectivity index (χ2v) is 9.42. The number of benzene rings is 2. The first-order valence-corrected chi connectivity index (χ1v) is 10.6. The fourth-order valence-corrected chi connectivity index (χ4v) is 4.79. The number of nitrogens with one attached hydrogen (secondary N) is 1. The summed E-state index contributed by atoms with van der Waals surface area (Å²) in [6.07, 6.45) is 1.20. The van der Waals surface area contributed by atoms with Gasteiger partial charge in [-0.2, -0.15) is 0 Å². The number of hydrogen-bond acceptors (Lipinski definition) is 4. The first-order chi connectivity index (χ1) is 12.3. The van der Waals surface area contributed by atoms with E-state index < -0.39 is 9.84 Å². The third-order valence-electron chi connectivity index (χ3n) is 5.44. The number of sulfone groups is 1. The summed E-state index contributed by atoms with van der Waals surface area (Å²) in [5, 5.41) is 3.05. The lowest BCUT2D eigenvalue weighted by Gasteiger charge is -2.17. The quantitative estimate of drug-likeness (QED) is 0.880. The van der Waals surface area contributed by atoms with Crippen LogP contribution in [0.15, 0.2) is 47.4 Å². The Hall–Kier alpha value is -2.18. The Morgan fingerprint density at radius 1 is 1.08 bits per heavy atom. The molecule has 0 bridgehead atoms. The second-order valence-electron chi connectivity index (χ2n) is 7.40. The number of fused-ring (bicyclic) bond motifs is 3. The minimum absolute atomic E-state index is 0.0434. The second kappa shape index (κ2) is 6.21. The van der Waals surface area contributed by atoms with Crippen LogP contribution in [0, 0.1) is 5.92 Å². The van der Waals surface area contributed by atoms with Crippen LogP contribution < -0.4 is 5.32 Å². The molecule has 2 aliphatic rings. The van der Waals surface area contributed by atoms with Crippen LogP contribution >= 0.6 is 0 Å². The molecule has 6 heteroatoms. The molecule has 2 aromatic rings. The predicted octanol–water partition coefficient (Wildman–Crippen LogP) is 2.15. The summed E-state index contributed by atoms with van der Waals surface area (Å²) in [6.45, 7) is 2.64. The maximum atomic E-state index is 12.6. The van der Waals surface area contributed by atoms with E-state index >= 15 is 0 Å². The van der Waals surface area contributed by atoms with E-state index in [4.69, 9.17) is 0 Å². The van der Waals surface area contributed by atoms with Gasteiger partial charge in [0.25, 0.3) is 5.91 Å². The minimum atomic E-state index is -3.27. The number of carbonyl (C=O) groups excluding carboxylic acids is 1. The zero-order valence-electron chi connectivity index (χ0n) is 14.9. The van der Waals surface area contributed by atoms with Gasteiger partial charge in [0.15, 0.2) is 9.84 Å². The van der Waals surface area contributed by atoms with Crippen molar-refractivity contribution in [2.24, 2.45) is 5.92 Å². The average Bonchev–Trinajstić information content (AvgIpc) is 2.93. The molecule has 2 atom stereocenters. The van der Waals surface area contributed by atoms with Crippen molar-refractivity contribution >= 4 is 15.7 Å². The van der Waals surface area contributed by atoms with Gasteiger partial charge in [-0.15, -0.1) is 0 Å². The van der Waals surface area contributed by atoms with Crippen LogP contribution in [-0.4, -0.2) is 52.2 Å². The molecule has 4 rings (SSSR count). The first-order valence-electron chi connectivity index (χ1n) is 8.74. The lowest BCUT2D eigenvalue weighted by molar-refractivity contribution is 0.0951. The van der Waals surface area contributed by atoms with Gasteiger partial charge in [-0.05, 0) is 47.9 Å². The summed E-state index contributed by atoms with van der Waals surface area (Å²) in [6, 6.07) is 12.8. The molecule has 0 aliphatic carbocycles. The van der Waals surface area contributed by atoms with Crippen LogP contribution in [0.2, 0.25) is 0 Å². The molecule has 2 aliphatic heterocycles. The maximum absolute atomic E-state index is 12.6. The summed E-state index contributed by atoms with van der Waals surface area (Å²) in [5.74, 6) is 0.744. The number of rotatable bonds is 2. The van der Waals surface area contributed by atoms with Crippen LogP contribution in [0.5, 0.6) is 0 Å². The molecule has 0 spiro atoms. The molecule has 2 aromatic carbocycles. The number of carbonyl (C=O) groups is 1. The normalized spacial score (nSPS) is 23.1. The fraction of sp³-hybridized carbons (Fsp3) is 0.350. The monoisotopic (exact) mass is 370 g/mol. The van der Waals surface area contributed by atoms with Gasteiger partial charge in [0.1, 0.15) is 0 Å². The Bertz CT molecular complexity index is 984. The molecule has 1 fully saturated rings. The average molecular weight is 370 g/mol. The lowest BCUT2D eigenvalue weighted by atomic mass is 9.86. The molecule has 0 unspecified atom stereocenters. The molecule has 2 heterocycles. The summed E-state index contributed by atoms with van der Waals surface area (Å²) < 4.78 is 23.7. The Balaban J connectivity index is 1.79. The highest BCUT2D eigenvalue weighted by molar-refractivity contribution is 7.90. The van der Waals surface area contributed by atoms with Gasteiger partial charge in [0, 0.05) is 37.4 Å². The number of amides is 1. The van der Waals surface area contributed by atoms with Gasteiger partial charge < -0.3 is 10.2 Å². The fourth-order valence-electron chi connectivity index (χ4n) is 4.13. The predicted molar refractivity (Wildman–Crippen MR) is 101 cm³/mol. The highest BCUT2D eigenvalue weighted by Crippen LogP contribution is 2.37. The van der Waals surface area contributed by atoms with E-state index in [2.05, 4.69) is 17.3 Å². The molecule has 0 saturated carbocycles. The van der Waals surface area contributed by atoms with Crippen molar-refractivity contribution in [1.29, 1.82) is 0 Å². The van der Waals surface area contributed by atoms with Crippen molar-refractivity contribution in [2.75, 3.05) is 32.9 Å². The molecule has 26 heavy (non-hydrogen) atoms. The van der Waals surface area contributed by atoms with Gasteiger partial charge >= 0.3 is 0 Å². The molecule has 0 radical (unpaired) electrons. The molecule has 1 N–H and O–H groups in total. The van der Waals surface area contributed by atoms with Crippen LogP contribution in [0.1, 0.15) is 21.8 Å². The summed E-state index contributed by atoms with van der Waals surface area (Å²) in [5.41, 5.74) is 3.45. The van der Waals surface area contributed by atoms with Crippen molar-refractivity contribution in [2.45, 2.75) is 10.8 Å². The molecule has 1 amide bonds. The number of likely N-dealkylation sites (tertiary alicyclic amines) is 1. The standard InChI is InChI=1S/C20H22N2O3S/c1-22-11-15-10-21-20(23)18-9-14(6-7-17(18)19(15)12-22)13-4-3-5-16(8-13)26(2,24)25/h3-9,15,19H,10-12H2,1-2H3,(H,21,23)/t15-,19-/m0/s1. The van der Waals surface area contributed by atoms with Gasteiger partial charge in [0.2, 0.25) is 0 Å². The smallest absolute Gasteiger partial charge is 0.251 e. The van der Waals surface area contributed by atoms with Crippen molar-refractivity contribution in [1.82, 2.24) is 10.2 Å². The largest absolute Gasteiger partial charge is 0.352 e. The van der Waals surface area contributed by atoms with E-state index in [1.807, 2.05) is 24.3 Å². The number of likely N-dealkylation sites (N-methyl/N-ethyl adjacent to an activating group) is 1. The summed E-state index contributed by atoms with van der Waals surface area (Å²) >= 11 is 0. The Kier molecular flexibility index (Phi) is 4.12. The van der Waals surface area contributed by atoms with E-state index in [9.17, 15) is 13.2 Å². The molecule has 1 saturated heterocycles. The Morgan fingerprint density at radius 2 is 1.85 bits per heavy atom. The molecule has 5 nitrogen and oxygen atoms in total. The number of nitrogens with zero attached hydrogens (tertiary/aromatic N) is 1. The van der Waals surface area contributed by atoms with Crippen molar-refractivity contribution in [3.8, 4) is 11.1 Å². The lowest BCUT2D eigenvalue weighted by Crippen LogP contribution is -2.29. The maximum Gasteiger partial charge on any atom is 0.251 e. The van der Waals surface area contributed by atoms with Crippen LogP contribution in [-0.2, 0) is 9.84 Å². The number of hydrogen-bond donors (Lipinski definition) is 1. The molecule has 136 valence electrons. The highest BCUT2D eigenvalue weighted by Gasteiger charge is 2.36. The zero-order valence-corrected chi connectivity index (χ0v) is 15.7. The highest BCUT2D eigenvalue weighted by atomic mass is 32.2.